The van der Waals surface area contributed by atoms with Gasteiger partial charge in [-0.3, -0.25) is 19.4 Å². The van der Waals surface area contributed by atoms with Gasteiger partial charge in [-0.2, -0.15) is 5.10 Å². The summed E-state index contributed by atoms with van der Waals surface area (Å²) in [5.41, 5.74) is 5.52. The third kappa shape index (κ3) is 5.57. The highest BCUT2D eigenvalue weighted by Crippen LogP contribution is 2.37. The molecule has 4 aromatic rings. The van der Waals surface area contributed by atoms with Crippen molar-refractivity contribution >= 4 is 22.4 Å². The Bertz CT molecular complexity index is 1690. The van der Waals surface area contributed by atoms with E-state index in [1.165, 1.54) is 13.2 Å². The molecule has 218 valence electrons. The first-order chi connectivity index (χ1) is 20.1. The van der Waals surface area contributed by atoms with E-state index in [0.717, 1.165) is 40.2 Å². The lowest BCUT2D eigenvalue weighted by Crippen LogP contribution is -2.46. The molecule has 2 aliphatic rings. The van der Waals surface area contributed by atoms with Crippen LogP contribution in [0.1, 0.15) is 52.4 Å². The molecule has 0 aliphatic carbocycles. The SMILES string of the molecule is COc1cccc(F)c1CN1C[C@@H](CC(=O)c2ccc3c(c2)C(c2ccc4nn(C)cc4c2)=NC3)C[C@@H](C(C)(F)F)C1. The van der Waals surface area contributed by atoms with Crippen LogP contribution in [-0.4, -0.2) is 52.3 Å². The van der Waals surface area contributed by atoms with Gasteiger partial charge in [0.05, 0.1) is 24.9 Å². The van der Waals surface area contributed by atoms with E-state index in [2.05, 4.69) is 11.2 Å². The normalized spacial score (nSPS) is 19.1. The fourth-order valence-corrected chi connectivity index (χ4v) is 6.34. The molecule has 6 rings (SSSR count). The quantitative estimate of drug-likeness (QED) is 0.227. The Morgan fingerprint density at radius 2 is 1.95 bits per heavy atom. The highest BCUT2D eigenvalue weighted by Gasteiger charge is 2.41. The Kier molecular flexibility index (Phi) is 7.39. The van der Waals surface area contributed by atoms with Crippen molar-refractivity contribution in [3.63, 3.8) is 0 Å². The summed E-state index contributed by atoms with van der Waals surface area (Å²) in [5, 5.41) is 5.45. The van der Waals surface area contributed by atoms with Gasteiger partial charge < -0.3 is 4.74 Å². The zero-order valence-electron chi connectivity index (χ0n) is 23.9. The number of alkyl halides is 2. The van der Waals surface area contributed by atoms with Crippen molar-refractivity contribution in [1.29, 1.82) is 0 Å². The van der Waals surface area contributed by atoms with Crippen molar-refractivity contribution in [2.24, 2.45) is 23.9 Å². The van der Waals surface area contributed by atoms with Crippen LogP contribution in [0.2, 0.25) is 0 Å². The van der Waals surface area contributed by atoms with E-state index in [0.29, 0.717) is 30.0 Å². The minimum Gasteiger partial charge on any atom is -0.496 e. The third-order valence-corrected chi connectivity index (χ3v) is 8.47. The molecule has 6 nitrogen and oxygen atoms in total. The molecule has 3 heterocycles. The Morgan fingerprint density at radius 3 is 2.74 bits per heavy atom. The average Bonchev–Trinajstić information content (AvgIpc) is 3.55. The van der Waals surface area contributed by atoms with Crippen molar-refractivity contribution < 1.29 is 22.7 Å². The fraction of sp³-hybridized carbons (Fsp3) is 0.364. The number of Topliss-reactive ketones (excluding diaryl/α,β-unsaturated/α-hetero) is 1. The topological polar surface area (TPSA) is 59.7 Å². The number of nitrogens with zero attached hydrogens (tertiary/aromatic N) is 4. The lowest BCUT2D eigenvalue weighted by Gasteiger charge is -2.40. The zero-order chi connectivity index (χ0) is 29.6. The van der Waals surface area contributed by atoms with Crippen LogP contribution in [0.25, 0.3) is 10.9 Å². The molecular formula is C33H33F3N4O2. The molecule has 9 heteroatoms. The molecule has 2 atom stereocenters. The van der Waals surface area contributed by atoms with Crippen LogP contribution in [0.3, 0.4) is 0 Å². The van der Waals surface area contributed by atoms with Crippen LogP contribution in [0, 0.1) is 17.7 Å². The summed E-state index contributed by atoms with van der Waals surface area (Å²) in [4.78, 5) is 20.2. The number of fused-ring (bicyclic) bond motifs is 2. The van der Waals surface area contributed by atoms with Gasteiger partial charge in [-0.15, -0.1) is 0 Å². The molecule has 0 spiro atoms. The zero-order valence-corrected chi connectivity index (χ0v) is 23.9. The number of piperidine rings is 1. The van der Waals surface area contributed by atoms with E-state index >= 15 is 0 Å². The number of carbonyl (C=O) groups excluding carboxylic acids is 1. The van der Waals surface area contributed by atoms with Crippen LogP contribution in [0.15, 0.2) is 65.8 Å². The molecule has 1 aromatic heterocycles. The van der Waals surface area contributed by atoms with Crippen LogP contribution in [-0.2, 0) is 20.1 Å². The standard InChI is InChI=1S/C33H33F3N4O2/c1-33(35,36)25-11-20(16-40(18-25)19-27-28(34)5-4-6-31(27)42-3)12-30(41)21-7-8-23-15-37-32(26(23)14-21)22-9-10-29-24(13-22)17-39(2)38-29/h4-10,13-14,17,20,25H,11-12,15-16,18-19H2,1-3H3/t20-,25-/m1/s1. The van der Waals surface area contributed by atoms with Crippen LogP contribution < -0.4 is 4.74 Å². The predicted molar refractivity (Wildman–Crippen MR) is 156 cm³/mol. The van der Waals surface area contributed by atoms with Gasteiger partial charge in [0.1, 0.15) is 11.6 Å². The summed E-state index contributed by atoms with van der Waals surface area (Å²) >= 11 is 0. The van der Waals surface area contributed by atoms with Gasteiger partial charge >= 0.3 is 0 Å². The number of ketones is 1. The molecule has 1 saturated heterocycles. The largest absolute Gasteiger partial charge is 0.496 e. The number of rotatable bonds is 8. The second kappa shape index (κ2) is 11.0. The van der Waals surface area contributed by atoms with Crippen molar-refractivity contribution in [2.45, 2.75) is 38.8 Å². The third-order valence-electron chi connectivity index (χ3n) is 8.47. The lowest BCUT2D eigenvalue weighted by atomic mass is 9.82. The number of methoxy groups -OCH3 is 1. The molecule has 0 radical (unpaired) electrons. The van der Waals surface area contributed by atoms with Crippen LogP contribution >= 0.6 is 0 Å². The maximum Gasteiger partial charge on any atom is 0.249 e. The van der Waals surface area contributed by atoms with Crippen LogP contribution in [0.5, 0.6) is 5.75 Å². The first-order valence-electron chi connectivity index (χ1n) is 14.2. The number of aromatic nitrogens is 2. The van der Waals surface area contributed by atoms with Gasteiger partial charge in [0.2, 0.25) is 5.92 Å². The number of halogens is 3. The summed E-state index contributed by atoms with van der Waals surface area (Å²) in [6.07, 6.45) is 2.31. The van der Waals surface area contributed by atoms with Gasteiger partial charge in [-0.05, 0) is 55.2 Å². The predicted octanol–water partition coefficient (Wildman–Crippen LogP) is 6.44. The van der Waals surface area contributed by atoms with E-state index in [-0.39, 0.29) is 37.6 Å². The molecular weight excluding hydrogens is 541 g/mol. The summed E-state index contributed by atoms with van der Waals surface area (Å²) in [6, 6.07) is 16.2. The smallest absolute Gasteiger partial charge is 0.249 e. The number of likely N-dealkylation sites (tertiary alicyclic amines) is 1. The van der Waals surface area contributed by atoms with Gasteiger partial charge in [-0.25, -0.2) is 13.2 Å². The van der Waals surface area contributed by atoms with Gasteiger partial charge in [0, 0.05) is 72.9 Å². The molecule has 2 aliphatic heterocycles. The number of hydrogen-bond donors (Lipinski definition) is 0. The number of ether oxygens (including phenoxy) is 1. The lowest BCUT2D eigenvalue weighted by molar-refractivity contribution is -0.0785. The summed E-state index contributed by atoms with van der Waals surface area (Å²) < 4.78 is 51.0. The van der Waals surface area contributed by atoms with E-state index in [1.54, 1.807) is 22.9 Å². The van der Waals surface area contributed by atoms with Crippen LogP contribution in [0.4, 0.5) is 13.2 Å². The molecule has 0 saturated carbocycles. The molecule has 0 unspecified atom stereocenters. The van der Waals surface area contributed by atoms with Crippen molar-refractivity contribution in [3.05, 3.63) is 94.4 Å². The van der Waals surface area contributed by atoms with Gasteiger partial charge in [0.15, 0.2) is 5.78 Å². The van der Waals surface area contributed by atoms with E-state index in [1.807, 2.05) is 42.4 Å². The van der Waals surface area contributed by atoms with Gasteiger partial charge in [-0.1, -0.05) is 24.3 Å². The molecule has 0 N–H and O–H groups in total. The monoisotopic (exact) mass is 574 g/mol. The highest BCUT2D eigenvalue weighted by atomic mass is 19.3. The molecule has 3 aromatic carbocycles. The Balaban J connectivity index is 1.22. The number of carbonyl (C=O) groups is 1. The first kappa shape index (κ1) is 28.2. The first-order valence-corrected chi connectivity index (χ1v) is 14.2. The minimum atomic E-state index is -2.92. The Labute approximate surface area is 242 Å². The van der Waals surface area contributed by atoms with Crippen molar-refractivity contribution in [1.82, 2.24) is 14.7 Å². The maximum atomic E-state index is 14.7. The molecule has 0 amide bonds. The summed E-state index contributed by atoms with van der Waals surface area (Å²) in [5.74, 6) is -4.32. The number of benzene rings is 3. The van der Waals surface area contributed by atoms with Gasteiger partial charge in [0.25, 0.3) is 0 Å². The maximum absolute atomic E-state index is 14.7. The molecule has 0 bridgehead atoms. The Morgan fingerprint density at radius 1 is 1.12 bits per heavy atom. The van der Waals surface area contributed by atoms with Crippen molar-refractivity contribution in [3.8, 4) is 5.75 Å². The number of aryl methyl sites for hydroxylation is 1. The second-order valence-corrected chi connectivity index (χ2v) is 11.6. The number of hydrogen-bond acceptors (Lipinski definition) is 5. The highest BCUT2D eigenvalue weighted by molar-refractivity contribution is 6.17. The van der Waals surface area contributed by atoms with E-state index in [4.69, 9.17) is 9.73 Å². The van der Waals surface area contributed by atoms with Crippen molar-refractivity contribution in [2.75, 3.05) is 20.2 Å². The number of aliphatic imine (C=N–C) groups is 1. The molecule has 42 heavy (non-hydrogen) atoms. The fourth-order valence-electron chi connectivity index (χ4n) is 6.34. The minimum absolute atomic E-state index is 0.0970. The summed E-state index contributed by atoms with van der Waals surface area (Å²) in [7, 11) is 3.34. The Hall–Kier alpha value is -3.98. The second-order valence-electron chi connectivity index (χ2n) is 11.6. The summed E-state index contributed by atoms with van der Waals surface area (Å²) in [6.45, 7) is 2.12. The molecule has 1 fully saturated rings. The average molecular weight is 575 g/mol. The van der Waals surface area contributed by atoms with E-state index < -0.39 is 17.7 Å². The van der Waals surface area contributed by atoms with E-state index in [9.17, 15) is 18.0 Å².